The van der Waals surface area contributed by atoms with Crippen molar-refractivity contribution in [3.05, 3.63) is 71.3 Å². The van der Waals surface area contributed by atoms with Crippen LogP contribution in [0.25, 0.3) is 11.1 Å². The van der Waals surface area contributed by atoms with Crippen LogP contribution >= 0.6 is 0 Å². The van der Waals surface area contributed by atoms with Crippen molar-refractivity contribution >= 4 is 28.7 Å². The van der Waals surface area contributed by atoms with Crippen molar-refractivity contribution in [1.29, 1.82) is 0 Å². The third kappa shape index (κ3) is 4.44. The molecular weight excluding hydrogens is 398 g/mol. The number of hydrogen-bond donors (Lipinski definition) is 2. The minimum Gasteiger partial charge on any atom is -0.466 e. The van der Waals surface area contributed by atoms with Gasteiger partial charge in [0.1, 0.15) is 11.2 Å². The number of aliphatic hydroxyl groups excluding tert-OH is 1. The number of rotatable bonds is 8. The first kappa shape index (κ1) is 20.6. The number of methoxy groups -OCH3 is 1. The maximum atomic E-state index is 12.7. The number of ether oxygens (including phenoxy) is 1. The minimum absolute atomic E-state index is 0.0875. The van der Waals surface area contributed by atoms with Crippen molar-refractivity contribution in [3.8, 4) is 0 Å². The largest absolute Gasteiger partial charge is 0.466 e. The fraction of sp³-hybridized carbons (Fsp3) is 0.261. The molecule has 31 heavy (non-hydrogen) atoms. The number of fused-ring (bicyclic) bond motifs is 1. The first-order valence-corrected chi connectivity index (χ1v) is 10.0. The molecular formula is C23H23N3O5. The van der Waals surface area contributed by atoms with Crippen LogP contribution < -0.4 is 5.32 Å². The standard InChI is InChI=1S/C23H23N3O5/c1-30-23(29)17-14-26(11-12-27)22(28)21(17)24-16-8-9-19-18(13-16)25-20(31-19)10-7-15-5-3-2-4-6-15/h2-6,8-9,13,24,27H,7,10-12,14H2,1H3. The molecule has 1 aliphatic heterocycles. The lowest BCUT2D eigenvalue weighted by atomic mass is 10.1. The summed E-state index contributed by atoms with van der Waals surface area (Å²) in [5.74, 6) is -0.309. The Balaban J connectivity index is 1.53. The Labute approximate surface area is 179 Å². The lowest BCUT2D eigenvalue weighted by molar-refractivity contribution is -0.136. The molecule has 0 fully saturated rings. The Hall–Kier alpha value is -3.65. The number of aromatic nitrogens is 1. The van der Waals surface area contributed by atoms with Crippen LogP contribution in [-0.2, 0) is 27.2 Å². The Morgan fingerprint density at radius 3 is 2.77 bits per heavy atom. The van der Waals surface area contributed by atoms with Crippen LogP contribution in [0, 0.1) is 0 Å². The summed E-state index contributed by atoms with van der Waals surface area (Å²) in [5.41, 5.74) is 3.49. The Kier molecular flexibility index (Phi) is 5.99. The van der Waals surface area contributed by atoms with Gasteiger partial charge in [-0.3, -0.25) is 4.79 Å². The lowest BCUT2D eigenvalue weighted by Crippen LogP contribution is -2.31. The topological polar surface area (TPSA) is 105 Å². The van der Waals surface area contributed by atoms with Crippen LogP contribution in [0.5, 0.6) is 0 Å². The van der Waals surface area contributed by atoms with E-state index in [0.29, 0.717) is 29.1 Å². The zero-order valence-corrected chi connectivity index (χ0v) is 17.1. The second kappa shape index (κ2) is 9.01. The number of aliphatic hydroxyl groups is 1. The maximum absolute atomic E-state index is 12.7. The average Bonchev–Trinajstić information content (AvgIpc) is 3.34. The number of carbonyl (C=O) groups excluding carboxylic acids is 2. The highest BCUT2D eigenvalue weighted by Gasteiger charge is 2.34. The van der Waals surface area contributed by atoms with E-state index in [1.54, 1.807) is 18.2 Å². The van der Waals surface area contributed by atoms with Gasteiger partial charge in [0.05, 0.1) is 25.8 Å². The van der Waals surface area contributed by atoms with Crippen LogP contribution in [0.15, 0.2) is 64.2 Å². The number of benzene rings is 2. The molecule has 8 heteroatoms. The van der Waals surface area contributed by atoms with Gasteiger partial charge in [-0.2, -0.15) is 0 Å². The van der Waals surface area contributed by atoms with Gasteiger partial charge in [0, 0.05) is 18.7 Å². The molecule has 0 bridgehead atoms. The molecule has 160 valence electrons. The van der Waals surface area contributed by atoms with E-state index in [0.717, 1.165) is 6.42 Å². The third-order valence-corrected chi connectivity index (χ3v) is 5.13. The van der Waals surface area contributed by atoms with Crippen LogP contribution in [0.1, 0.15) is 11.5 Å². The van der Waals surface area contributed by atoms with E-state index in [9.17, 15) is 14.7 Å². The highest BCUT2D eigenvalue weighted by Crippen LogP contribution is 2.26. The molecule has 0 unspecified atom stereocenters. The second-order valence-corrected chi connectivity index (χ2v) is 7.20. The molecule has 1 aliphatic rings. The normalized spacial score (nSPS) is 13.9. The number of esters is 1. The minimum atomic E-state index is -0.581. The van der Waals surface area contributed by atoms with Crippen LogP contribution in [0.2, 0.25) is 0 Å². The number of hydrogen-bond acceptors (Lipinski definition) is 7. The summed E-state index contributed by atoms with van der Waals surface area (Å²) in [7, 11) is 1.27. The first-order chi connectivity index (χ1) is 15.1. The highest BCUT2D eigenvalue weighted by atomic mass is 16.5. The van der Waals surface area contributed by atoms with Gasteiger partial charge in [-0.05, 0) is 30.2 Å². The molecule has 4 rings (SSSR count). The smallest absolute Gasteiger partial charge is 0.337 e. The monoisotopic (exact) mass is 421 g/mol. The van der Waals surface area contributed by atoms with Gasteiger partial charge < -0.3 is 24.5 Å². The molecule has 2 N–H and O–H groups in total. The second-order valence-electron chi connectivity index (χ2n) is 7.20. The van der Waals surface area contributed by atoms with Crippen molar-refractivity contribution in [2.45, 2.75) is 12.8 Å². The first-order valence-electron chi connectivity index (χ1n) is 10.0. The van der Waals surface area contributed by atoms with Crippen molar-refractivity contribution in [2.24, 2.45) is 0 Å². The summed E-state index contributed by atoms with van der Waals surface area (Å²) in [6, 6.07) is 15.4. The third-order valence-electron chi connectivity index (χ3n) is 5.13. The Morgan fingerprint density at radius 2 is 2.03 bits per heavy atom. The van der Waals surface area contributed by atoms with Gasteiger partial charge >= 0.3 is 5.97 Å². The van der Waals surface area contributed by atoms with E-state index in [1.165, 1.54) is 17.6 Å². The Morgan fingerprint density at radius 1 is 1.23 bits per heavy atom. The van der Waals surface area contributed by atoms with Crippen molar-refractivity contribution < 1.29 is 23.8 Å². The van der Waals surface area contributed by atoms with Crippen LogP contribution in [0.3, 0.4) is 0 Å². The lowest BCUT2D eigenvalue weighted by Gasteiger charge is -2.14. The molecule has 0 saturated heterocycles. The molecule has 1 aromatic heterocycles. The number of oxazole rings is 1. The number of nitrogens with one attached hydrogen (secondary N) is 1. The number of aryl methyl sites for hydroxylation is 2. The summed E-state index contributed by atoms with van der Waals surface area (Å²) < 4.78 is 10.6. The molecule has 0 aliphatic carbocycles. The quantitative estimate of drug-likeness (QED) is 0.538. The predicted octanol–water partition coefficient (Wildman–Crippen LogP) is 2.29. The highest BCUT2D eigenvalue weighted by molar-refractivity contribution is 6.08. The number of amides is 1. The predicted molar refractivity (Wildman–Crippen MR) is 114 cm³/mol. The zero-order chi connectivity index (χ0) is 21.8. The zero-order valence-electron chi connectivity index (χ0n) is 17.1. The number of carbonyl (C=O) groups is 2. The van der Waals surface area contributed by atoms with E-state index in [-0.39, 0.29) is 36.9 Å². The number of β-amino-alcohol motifs (C(OH)–C–C–N with tert-alkyl or cyclic N) is 1. The van der Waals surface area contributed by atoms with Crippen LogP contribution in [0.4, 0.5) is 5.69 Å². The molecule has 0 saturated carbocycles. The number of anilines is 1. The maximum Gasteiger partial charge on any atom is 0.337 e. The fourth-order valence-corrected chi connectivity index (χ4v) is 3.55. The fourth-order valence-electron chi connectivity index (χ4n) is 3.55. The molecule has 0 spiro atoms. The van der Waals surface area contributed by atoms with E-state index in [2.05, 4.69) is 22.4 Å². The molecule has 0 radical (unpaired) electrons. The SMILES string of the molecule is COC(=O)C1=C(Nc2ccc3oc(CCc4ccccc4)nc3c2)C(=O)N(CCO)C1. The summed E-state index contributed by atoms with van der Waals surface area (Å²) in [6.45, 7) is 0.0337. The van der Waals surface area contributed by atoms with Crippen molar-refractivity contribution in [1.82, 2.24) is 9.88 Å². The van der Waals surface area contributed by atoms with Crippen LogP contribution in [-0.4, -0.2) is 53.7 Å². The summed E-state index contributed by atoms with van der Waals surface area (Å²) in [4.78, 5) is 30.7. The summed E-state index contributed by atoms with van der Waals surface area (Å²) in [6.07, 6.45) is 1.50. The number of nitrogens with zero attached hydrogens (tertiary/aromatic N) is 2. The van der Waals surface area contributed by atoms with Gasteiger partial charge in [0.2, 0.25) is 0 Å². The van der Waals surface area contributed by atoms with Gasteiger partial charge in [0.25, 0.3) is 5.91 Å². The van der Waals surface area contributed by atoms with E-state index in [4.69, 9.17) is 9.15 Å². The van der Waals surface area contributed by atoms with E-state index < -0.39 is 5.97 Å². The molecule has 0 atom stereocenters. The molecule has 1 amide bonds. The van der Waals surface area contributed by atoms with Crippen molar-refractivity contribution in [2.75, 3.05) is 32.1 Å². The van der Waals surface area contributed by atoms with Gasteiger partial charge in [0.15, 0.2) is 11.5 Å². The van der Waals surface area contributed by atoms with E-state index in [1.807, 2.05) is 18.2 Å². The van der Waals surface area contributed by atoms with E-state index >= 15 is 0 Å². The van der Waals surface area contributed by atoms with Gasteiger partial charge in [-0.1, -0.05) is 30.3 Å². The summed E-state index contributed by atoms with van der Waals surface area (Å²) in [5, 5.41) is 12.2. The average molecular weight is 421 g/mol. The van der Waals surface area contributed by atoms with Gasteiger partial charge in [-0.25, -0.2) is 9.78 Å². The Bertz CT molecular complexity index is 1140. The summed E-state index contributed by atoms with van der Waals surface area (Å²) >= 11 is 0. The van der Waals surface area contributed by atoms with Gasteiger partial charge in [-0.15, -0.1) is 0 Å². The molecule has 2 aromatic carbocycles. The van der Waals surface area contributed by atoms with Crippen molar-refractivity contribution in [3.63, 3.8) is 0 Å². The molecule has 2 heterocycles. The molecule has 8 nitrogen and oxygen atoms in total. The molecule has 3 aromatic rings.